The van der Waals surface area contributed by atoms with Crippen molar-refractivity contribution in [1.82, 2.24) is 5.32 Å². The van der Waals surface area contributed by atoms with Crippen LogP contribution in [0, 0.1) is 0 Å². The number of halogens is 3. The van der Waals surface area contributed by atoms with Crippen LogP contribution < -0.4 is 15.4 Å². The van der Waals surface area contributed by atoms with Crippen LogP contribution in [0.3, 0.4) is 0 Å². The van der Waals surface area contributed by atoms with Gasteiger partial charge in [-0.2, -0.15) is 13.2 Å². The number of rotatable bonds is 5. The molecular weight excluding hydrogens is 257 g/mol. The van der Waals surface area contributed by atoms with E-state index in [0.29, 0.717) is 6.04 Å². The number of nitrogens with one attached hydrogen (secondary N) is 2. The fourth-order valence-corrected chi connectivity index (χ4v) is 2.01. The molecule has 106 valence electrons. The van der Waals surface area contributed by atoms with E-state index in [9.17, 15) is 13.2 Å². The standard InChI is InChI=1S/C13H17F3N2O/c14-13(15,16)9-19-12-5-3-10(4-6-12)18-8-11-2-1-7-17-11/h3-6,11,17-18H,1-2,7-9H2. The van der Waals surface area contributed by atoms with Crippen LogP contribution >= 0.6 is 0 Å². The second kappa shape index (κ2) is 6.14. The Bertz CT molecular complexity index is 386. The molecule has 1 aromatic carbocycles. The molecule has 6 heteroatoms. The summed E-state index contributed by atoms with van der Waals surface area (Å²) in [5, 5.41) is 6.61. The van der Waals surface area contributed by atoms with Crippen LogP contribution in [0.5, 0.6) is 5.75 Å². The van der Waals surface area contributed by atoms with Crippen LogP contribution in [0.25, 0.3) is 0 Å². The van der Waals surface area contributed by atoms with E-state index in [1.807, 2.05) is 0 Å². The molecule has 19 heavy (non-hydrogen) atoms. The normalized spacial score (nSPS) is 19.4. The van der Waals surface area contributed by atoms with Crippen molar-refractivity contribution in [2.75, 3.05) is 25.0 Å². The largest absolute Gasteiger partial charge is 0.484 e. The zero-order valence-corrected chi connectivity index (χ0v) is 10.5. The van der Waals surface area contributed by atoms with Crippen LogP contribution in [0.4, 0.5) is 18.9 Å². The monoisotopic (exact) mass is 274 g/mol. The van der Waals surface area contributed by atoms with Crippen LogP contribution in [0.1, 0.15) is 12.8 Å². The quantitative estimate of drug-likeness (QED) is 0.866. The second-order valence-electron chi connectivity index (χ2n) is 4.60. The van der Waals surface area contributed by atoms with Crippen LogP contribution in [-0.2, 0) is 0 Å². The molecular formula is C13H17F3N2O. The Hall–Kier alpha value is -1.43. The second-order valence-corrected chi connectivity index (χ2v) is 4.60. The molecule has 2 N–H and O–H groups in total. The number of ether oxygens (including phenoxy) is 1. The van der Waals surface area contributed by atoms with E-state index >= 15 is 0 Å². The SMILES string of the molecule is FC(F)(F)COc1ccc(NCC2CCCN2)cc1. The van der Waals surface area contributed by atoms with Gasteiger partial charge in [0.05, 0.1) is 0 Å². The molecule has 0 amide bonds. The number of hydrogen-bond acceptors (Lipinski definition) is 3. The van der Waals surface area contributed by atoms with Gasteiger partial charge in [0.15, 0.2) is 6.61 Å². The topological polar surface area (TPSA) is 33.3 Å². The van der Waals surface area contributed by atoms with Crippen molar-refractivity contribution in [3.8, 4) is 5.75 Å². The average molecular weight is 274 g/mol. The van der Waals surface area contributed by atoms with E-state index in [4.69, 9.17) is 0 Å². The third-order valence-electron chi connectivity index (χ3n) is 2.97. The predicted octanol–water partition coefficient (Wildman–Crippen LogP) is 2.79. The molecule has 1 aliphatic rings. The Morgan fingerprint density at radius 3 is 2.58 bits per heavy atom. The number of alkyl halides is 3. The van der Waals surface area contributed by atoms with Crippen molar-refractivity contribution in [3.05, 3.63) is 24.3 Å². The van der Waals surface area contributed by atoms with E-state index in [1.165, 1.54) is 18.6 Å². The van der Waals surface area contributed by atoms with Gasteiger partial charge in [0, 0.05) is 18.3 Å². The van der Waals surface area contributed by atoms with E-state index in [1.54, 1.807) is 12.1 Å². The predicted molar refractivity (Wildman–Crippen MR) is 67.5 cm³/mol. The summed E-state index contributed by atoms with van der Waals surface area (Å²) < 4.78 is 40.5. The molecule has 1 saturated heterocycles. The van der Waals surface area contributed by atoms with Gasteiger partial charge in [0.1, 0.15) is 5.75 Å². The van der Waals surface area contributed by atoms with Gasteiger partial charge in [-0.05, 0) is 43.7 Å². The zero-order chi connectivity index (χ0) is 13.7. The molecule has 0 spiro atoms. The summed E-state index contributed by atoms with van der Waals surface area (Å²) in [7, 11) is 0. The zero-order valence-electron chi connectivity index (χ0n) is 10.5. The van der Waals surface area contributed by atoms with Gasteiger partial charge in [-0.3, -0.25) is 0 Å². The highest BCUT2D eigenvalue weighted by Gasteiger charge is 2.28. The van der Waals surface area contributed by atoms with Crippen LogP contribution in [-0.4, -0.2) is 31.9 Å². The van der Waals surface area contributed by atoms with E-state index in [0.717, 1.165) is 25.2 Å². The number of benzene rings is 1. The van der Waals surface area contributed by atoms with Gasteiger partial charge in [0.25, 0.3) is 0 Å². The van der Waals surface area contributed by atoms with Gasteiger partial charge >= 0.3 is 6.18 Å². The summed E-state index contributed by atoms with van der Waals surface area (Å²) in [4.78, 5) is 0. The Balaban J connectivity index is 1.77. The molecule has 1 aromatic rings. The first-order valence-corrected chi connectivity index (χ1v) is 6.30. The highest BCUT2D eigenvalue weighted by atomic mass is 19.4. The van der Waals surface area contributed by atoms with E-state index in [-0.39, 0.29) is 5.75 Å². The van der Waals surface area contributed by atoms with Gasteiger partial charge in [-0.15, -0.1) is 0 Å². The maximum atomic E-state index is 12.0. The first kappa shape index (κ1) is 14.0. The lowest BCUT2D eigenvalue weighted by atomic mass is 10.2. The third kappa shape index (κ3) is 4.98. The Morgan fingerprint density at radius 1 is 1.26 bits per heavy atom. The molecule has 1 atom stereocenters. The minimum absolute atomic E-state index is 0.224. The van der Waals surface area contributed by atoms with Crippen molar-refractivity contribution in [2.24, 2.45) is 0 Å². The molecule has 0 radical (unpaired) electrons. The minimum atomic E-state index is -4.30. The lowest BCUT2D eigenvalue weighted by Gasteiger charge is -2.13. The summed E-state index contributed by atoms with van der Waals surface area (Å²) in [6.45, 7) is 0.616. The lowest BCUT2D eigenvalue weighted by Crippen LogP contribution is -2.29. The first-order chi connectivity index (χ1) is 9.03. The van der Waals surface area contributed by atoms with Crippen molar-refractivity contribution in [3.63, 3.8) is 0 Å². The molecule has 0 aliphatic carbocycles. The maximum absolute atomic E-state index is 12.0. The molecule has 1 heterocycles. The highest BCUT2D eigenvalue weighted by molar-refractivity contribution is 5.46. The van der Waals surface area contributed by atoms with Crippen molar-refractivity contribution in [1.29, 1.82) is 0 Å². The van der Waals surface area contributed by atoms with Crippen molar-refractivity contribution >= 4 is 5.69 Å². The van der Waals surface area contributed by atoms with Gasteiger partial charge < -0.3 is 15.4 Å². The Kier molecular flexibility index (Phi) is 4.52. The molecule has 1 aliphatic heterocycles. The molecule has 3 nitrogen and oxygen atoms in total. The van der Waals surface area contributed by atoms with Gasteiger partial charge in [-0.25, -0.2) is 0 Å². The third-order valence-corrected chi connectivity index (χ3v) is 2.97. The van der Waals surface area contributed by atoms with Crippen LogP contribution in [0.15, 0.2) is 24.3 Å². The van der Waals surface area contributed by atoms with Crippen molar-refractivity contribution < 1.29 is 17.9 Å². The number of anilines is 1. The van der Waals surface area contributed by atoms with Gasteiger partial charge in [0.2, 0.25) is 0 Å². The maximum Gasteiger partial charge on any atom is 0.422 e. The highest BCUT2D eigenvalue weighted by Crippen LogP contribution is 2.20. The average Bonchev–Trinajstić information content (AvgIpc) is 2.87. The Labute approximate surface area is 110 Å². The van der Waals surface area contributed by atoms with Crippen molar-refractivity contribution in [2.45, 2.75) is 25.1 Å². The first-order valence-electron chi connectivity index (χ1n) is 6.30. The fourth-order valence-electron chi connectivity index (χ4n) is 2.01. The smallest absolute Gasteiger partial charge is 0.422 e. The van der Waals surface area contributed by atoms with E-state index < -0.39 is 12.8 Å². The van der Waals surface area contributed by atoms with Gasteiger partial charge in [-0.1, -0.05) is 0 Å². The summed E-state index contributed by atoms with van der Waals surface area (Å²) in [6, 6.07) is 6.99. The summed E-state index contributed by atoms with van der Waals surface area (Å²) in [5.74, 6) is 0.224. The fraction of sp³-hybridized carbons (Fsp3) is 0.538. The molecule has 1 unspecified atom stereocenters. The molecule has 0 saturated carbocycles. The molecule has 0 bridgehead atoms. The summed E-state index contributed by atoms with van der Waals surface area (Å²) in [5.41, 5.74) is 0.882. The van der Waals surface area contributed by atoms with E-state index in [2.05, 4.69) is 15.4 Å². The summed E-state index contributed by atoms with van der Waals surface area (Å²) in [6.07, 6.45) is -1.96. The minimum Gasteiger partial charge on any atom is -0.484 e. The lowest BCUT2D eigenvalue weighted by molar-refractivity contribution is -0.153. The summed E-state index contributed by atoms with van der Waals surface area (Å²) >= 11 is 0. The molecule has 0 aromatic heterocycles. The Morgan fingerprint density at radius 2 is 2.00 bits per heavy atom. The molecule has 1 fully saturated rings. The number of hydrogen-bond donors (Lipinski definition) is 2. The van der Waals surface area contributed by atoms with Crippen LogP contribution in [0.2, 0.25) is 0 Å². The molecule has 2 rings (SSSR count).